The second-order valence-corrected chi connectivity index (χ2v) is 9.64. The number of hydrogen-bond acceptors (Lipinski definition) is 4. The van der Waals surface area contributed by atoms with Gasteiger partial charge in [0.25, 0.3) is 0 Å². The first-order valence-corrected chi connectivity index (χ1v) is 11.3. The summed E-state index contributed by atoms with van der Waals surface area (Å²) in [5.74, 6) is 0.731. The summed E-state index contributed by atoms with van der Waals surface area (Å²) in [6.45, 7) is 10.0. The van der Waals surface area contributed by atoms with Gasteiger partial charge in [-0.25, -0.2) is 14.1 Å². The lowest BCUT2D eigenvalue weighted by atomic mass is 10.1. The van der Waals surface area contributed by atoms with Gasteiger partial charge in [-0.05, 0) is 45.9 Å². The Morgan fingerprint density at radius 3 is 2.55 bits per heavy atom. The minimum Gasteiger partial charge on any atom is -0.337 e. The van der Waals surface area contributed by atoms with Gasteiger partial charge in [-0.2, -0.15) is 5.10 Å². The first-order chi connectivity index (χ1) is 14.8. The van der Waals surface area contributed by atoms with Gasteiger partial charge in [0.1, 0.15) is 17.3 Å². The van der Waals surface area contributed by atoms with E-state index in [0.717, 1.165) is 29.2 Å². The Hall–Kier alpha value is -2.77. The van der Waals surface area contributed by atoms with Gasteiger partial charge in [0.15, 0.2) is 0 Å². The van der Waals surface area contributed by atoms with Crippen molar-refractivity contribution >= 4 is 11.3 Å². The van der Waals surface area contributed by atoms with Crippen LogP contribution in [0.5, 0.6) is 0 Å². The standard InChI is InChI=1S/C24H28FN5S/c1-16(2)29(15-23-26-10-11-28(23)5)13-19-14-30(22-9-7-6-8-21(22)25)27-24(19)20-12-17(3)31-18(20)4/h6-12,14,16H,13,15H2,1-5H3. The summed E-state index contributed by atoms with van der Waals surface area (Å²) in [4.78, 5) is 9.32. The molecular formula is C24H28FN5S. The average Bonchev–Trinajstić information content (AvgIpc) is 3.40. The van der Waals surface area contributed by atoms with Gasteiger partial charge in [0.2, 0.25) is 0 Å². The van der Waals surface area contributed by atoms with E-state index in [-0.39, 0.29) is 5.82 Å². The van der Waals surface area contributed by atoms with Crippen molar-refractivity contribution in [3.05, 3.63) is 75.9 Å². The summed E-state index contributed by atoms with van der Waals surface area (Å²) < 4.78 is 18.2. The number of nitrogens with zero attached hydrogens (tertiary/aromatic N) is 5. The predicted octanol–water partition coefficient (Wildman–Crippen LogP) is 5.50. The van der Waals surface area contributed by atoms with Crippen LogP contribution in [0.3, 0.4) is 0 Å². The van der Waals surface area contributed by atoms with Gasteiger partial charge in [0.05, 0.1) is 12.2 Å². The molecule has 0 bridgehead atoms. The number of hydrogen-bond donors (Lipinski definition) is 0. The Kier molecular flexibility index (Phi) is 6.07. The lowest BCUT2D eigenvalue weighted by molar-refractivity contribution is 0.197. The second kappa shape index (κ2) is 8.77. The molecule has 0 saturated heterocycles. The molecule has 7 heteroatoms. The first-order valence-electron chi connectivity index (χ1n) is 10.4. The molecule has 0 spiro atoms. The number of aryl methyl sites for hydroxylation is 3. The SMILES string of the molecule is Cc1cc(-c2nn(-c3ccccc3F)cc2CN(Cc2nccn2C)C(C)C)c(C)s1. The molecule has 162 valence electrons. The Bertz CT molecular complexity index is 1190. The Morgan fingerprint density at radius 1 is 1.16 bits per heavy atom. The van der Waals surface area contributed by atoms with E-state index in [9.17, 15) is 4.39 Å². The number of aromatic nitrogens is 4. The van der Waals surface area contributed by atoms with Crippen LogP contribution in [0.1, 0.15) is 35.0 Å². The summed E-state index contributed by atoms with van der Waals surface area (Å²) in [6.07, 6.45) is 5.76. The lowest BCUT2D eigenvalue weighted by Crippen LogP contribution is -2.31. The highest BCUT2D eigenvalue weighted by Gasteiger charge is 2.21. The molecule has 1 aromatic carbocycles. The van der Waals surface area contributed by atoms with Crippen LogP contribution in [0.4, 0.5) is 4.39 Å². The van der Waals surface area contributed by atoms with Gasteiger partial charge in [-0.3, -0.25) is 4.90 Å². The van der Waals surface area contributed by atoms with E-state index in [4.69, 9.17) is 5.10 Å². The second-order valence-electron chi connectivity index (χ2n) is 8.18. The monoisotopic (exact) mass is 437 g/mol. The first kappa shape index (κ1) is 21.5. The minimum atomic E-state index is -0.282. The van der Waals surface area contributed by atoms with Crippen molar-refractivity contribution in [3.8, 4) is 16.9 Å². The molecule has 0 saturated carbocycles. The van der Waals surface area contributed by atoms with E-state index in [1.165, 1.54) is 15.8 Å². The quantitative estimate of drug-likeness (QED) is 0.383. The van der Waals surface area contributed by atoms with Crippen molar-refractivity contribution in [1.29, 1.82) is 0 Å². The van der Waals surface area contributed by atoms with Crippen molar-refractivity contribution in [2.75, 3.05) is 0 Å². The zero-order valence-corrected chi connectivity index (χ0v) is 19.4. The number of para-hydroxylation sites is 1. The number of rotatable bonds is 7. The highest BCUT2D eigenvalue weighted by molar-refractivity contribution is 7.12. The van der Waals surface area contributed by atoms with E-state index >= 15 is 0 Å². The number of thiophene rings is 1. The van der Waals surface area contributed by atoms with Gasteiger partial charge < -0.3 is 4.57 Å². The Morgan fingerprint density at radius 2 is 1.94 bits per heavy atom. The topological polar surface area (TPSA) is 38.9 Å². The highest BCUT2D eigenvalue weighted by Crippen LogP contribution is 2.33. The molecule has 3 aromatic heterocycles. The maximum Gasteiger partial charge on any atom is 0.148 e. The molecule has 0 N–H and O–H groups in total. The van der Waals surface area contributed by atoms with E-state index in [1.54, 1.807) is 28.2 Å². The van der Waals surface area contributed by atoms with E-state index in [0.29, 0.717) is 18.3 Å². The molecular weight excluding hydrogens is 409 g/mol. The summed E-state index contributed by atoms with van der Waals surface area (Å²) in [6, 6.07) is 9.25. The minimum absolute atomic E-state index is 0.282. The Balaban J connectivity index is 1.76. The molecule has 0 aliphatic carbocycles. The van der Waals surface area contributed by atoms with Crippen molar-refractivity contribution in [2.45, 2.75) is 46.8 Å². The number of benzene rings is 1. The van der Waals surface area contributed by atoms with Crippen LogP contribution in [0.2, 0.25) is 0 Å². The summed E-state index contributed by atoms with van der Waals surface area (Å²) in [5.41, 5.74) is 3.57. The van der Waals surface area contributed by atoms with Crippen LogP contribution in [0.15, 0.2) is 48.9 Å². The molecule has 5 nitrogen and oxygen atoms in total. The third-order valence-corrected chi connectivity index (χ3v) is 6.52. The summed E-state index contributed by atoms with van der Waals surface area (Å²) >= 11 is 1.76. The number of halogens is 1. The fraction of sp³-hybridized carbons (Fsp3) is 0.333. The van der Waals surface area contributed by atoms with Crippen molar-refractivity contribution in [1.82, 2.24) is 24.2 Å². The maximum absolute atomic E-state index is 14.5. The highest BCUT2D eigenvalue weighted by atomic mass is 32.1. The smallest absolute Gasteiger partial charge is 0.148 e. The van der Waals surface area contributed by atoms with Crippen molar-refractivity contribution < 1.29 is 4.39 Å². The van der Waals surface area contributed by atoms with Crippen LogP contribution in [0.25, 0.3) is 16.9 Å². The molecule has 31 heavy (non-hydrogen) atoms. The number of imidazole rings is 1. The van der Waals surface area contributed by atoms with E-state index in [1.807, 2.05) is 36.3 Å². The van der Waals surface area contributed by atoms with Gasteiger partial charge in [-0.15, -0.1) is 11.3 Å². The molecule has 0 radical (unpaired) electrons. The molecule has 3 heterocycles. The predicted molar refractivity (Wildman–Crippen MR) is 124 cm³/mol. The molecule has 4 aromatic rings. The third-order valence-electron chi connectivity index (χ3n) is 5.55. The fourth-order valence-corrected chi connectivity index (χ4v) is 4.67. The molecule has 0 amide bonds. The largest absolute Gasteiger partial charge is 0.337 e. The molecule has 0 unspecified atom stereocenters. The molecule has 0 aliphatic heterocycles. The van der Waals surface area contributed by atoms with Crippen molar-refractivity contribution in [2.24, 2.45) is 7.05 Å². The van der Waals surface area contributed by atoms with Crippen LogP contribution in [0, 0.1) is 19.7 Å². The summed E-state index contributed by atoms with van der Waals surface area (Å²) in [5, 5.41) is 4.85. The zero-order valence-electron chi connectivity index (χ0n) is 18.6. The zero-order chi connectivity index (χ0) is 22.1. The Labute approximate surface area is 186 Å². The van der Waals surface area contributed by atoms with Gasteiger partial charge in [0, 0.05) is 59.1 Å². The maximum atomic E-state index is 14.5. The normalized spacial score (nSPS) is 11.7. The van der Waals surface area contributed by atoms with Crippen LogP contribution in [-0.2, 0) is 20.1 Å². The van der Waals surface area contributed by atoms with Crippen LogP contribution >= 0.6 is 11.3 Å². The van der Waals surface area contributed by atoms with Gasteiger partial charge in [-0.1, -0.05) is 12.1 Å². The molecule has 4 rings (SSSR count). The van der Waals surface area contributed by atoms with E-state index in [2.05, 4.69) is 43.6 Å². The average molecular weight is 438 g/mol. The fourth-order valence-electron chi connectivity index (χ4n) is 3.75. The van der Waals surface area contributed by atoms with Crippen molar-refractivity contribution in [3.63, 3.8) is 0 Å². The van der Waals surface area contributed by atoms with Crippen LogP contribution in [-0.4, -0.2) is 30.3 Å². The van der Waals surface area contributed by atoms with E-state index < -0.39 is 0 Å². The van der Waals surface area contributed by atoms with Crippen LogP contribution < -0.4 is 0 Å². The molecule has 0 atom stereocenters. The lowest BCUT2D eigenvalue weighted by Gasteiger charge is -2.26. The molecule has 0 aliphatic rings. The third kappa shape index (κ3) is 4.48. The molecule has 0 fully saturated rings. The summed E-state index contributed by atoms with van der Waals surface area (Å²) in [7, 11) is 2.01. The van der Waals surface area contributed by atoms with Gasteiger partial charge >= 0.3 is 0 Å².